The number of piperazine rings is 1. The second-order valence-corrected chi connectivity index (χ2v) is 9.20. The molecule has 1 aliphatic heterocycles. The predicted molar refractivity (Wildman–Crippen MR) is 117 cm³/mol. The zero-order chi connectivity index (χ0) is 21.1. The van der Waals surface area contributed by atoms with E-state index in [1.54, 1.807) is 18.3 Å². The Hall–Kier alpha value is -2.51. The number of hydrogen-bond donors (Lipinski definition) is 2. The quantitative estimate of drug-likeness (QED) is 0.713. The molecule has 1 aromatic heterocycles. The number of quaternary nitrogens is 1. The van der Waals surface area contributed by atoms with Gasteiger partial charge in [0.25, 0.3) is 5.91 Å². The number of rotatable bonds is 5. The monoisotopic (exact) mass is 426 g/mol. The number of carbonyl (C=O) groups excluding carboxylic acids is 3. The van der Waals surface area contributed by atoms with Gasteiger partial charge < -0.3 is 15.1 Å². The molecule has 0 saturated carbocycles. The van der Waals surface area contributed by atoms with Crippen molar-refractivity contribution in [2.45, 2.75) is 32.6 Å². The first-order valence-electron chi connectivity index (χ1n) is 10.7. The Morgan fingerprint density at radius 3 is 2.47 bits per heavy atom. The molecular weight excluding hydrogens is 398 g/mol. The van der Waals surface area contributed by atoms with E-state index >= 15 is 0 Å². The Kier molecular flexibility index (Phi) is 6.29. The number of anilines is 1. The molecule has 2 aliphatic rings. The summed E-state index contributed by atoms with van der Waals surface area (Å²) < 4.78 is 0. The molecule has 2 aromatic rings. The molecule has 2 N–H and O–H groups in total. The van der Waals surface area contributed by atoms with E-state index in [2.05, 4.69) is 5.32 Å². The summed E-state index contributed by atoms with van der Waals surface area (Å²) in [4.78, 5) is 41.8. The maximum Gasteiger partial charge on any atom is 0.280 e. The molecule has 0 unspecified atom stereocenters. The summed E-state index contributed by atoms with van der Waals surface area (Å²) in [5, 5.41) is 3.75. The van der Waals surface area contributed by atoms with Gasteiger partial charge in [0.05, 0.1) is 31.7 Å². The molecule has 30 heavy (non-hydrogen) atoms. The minimum absolute atomic E-state index is 0.00674. The van der Waals surface area contributed by atoms with Gasteiger partial charge >= 0.3 is 0 Å². The molecule has 0 radical (unpaired) electrons. The fraction of sp³-hybridized carbons (Fsp3) is 0.435. The fourth-order valence-corrected chi connectivity index (χ4v) is 5.64. The van der Waals surface area contributed by atoms with Gasteiger partial charge in [-0.15, -0.1) is 11.3 Å². The van der Waals surface area contributed by atoms with Crippen molar-refractivity contribution < 1.29 is 19.3 Å². The highest BCUT2D eigenvalue weighted by Gasteiger charge is 2.28. The maximum absolute atomic E-state index is 13.3. The van der Waals surface area contributed by atoms with Crippen molar-refractivity contribution in [2.24, 2.45) is 0 Å². The second kappa shape index (κ2) is 9.10. The van der Waals surface area contributed by atoms with E-state index < -0.39 is 0 Å². The molecule has 1 fully saturated rings. The lowest BCUT2D eigenvalue weighted by Crippen LogP contribution is -3.15. The van der Waals surface area contributed by atoms with Crippen molar-refractivity contribution in [1.29, 1.82) is 0 Å². The summed E-state index contributed by atoms with van der Waals surface area (Å²) in [6.45, 7) is 4.84. The molecule has 6 nitrogen and oxygen atoms in total. The van der Waals surface area contributed by atoms with Crippen LogP contribution in [0.25, 0.3) is 0 Å². The maximum atomic E-state index is 13.3. The van der Waals surface area contributed by atoms with E-state index in [4.69, 9.17) is 0 Å². The van der Waals surface area contributed by atoms with Crippen molar-refractivity contribution in [1.82, 2.24) is 4.90 Å². The van der Waals surface area contributed by atoms with Crippen LogP contribution in [0.4, 0.5) is 5.00 Å². The fourth-order valence-electron chi connectivity index (χ4n) is 4.34. The van der Waals surface area contributed by atoms with Crippen LogP contribution in [0.2, 0.25) is 0 Å². The minimum Gasteiger partial charge on any atom is -0.332 e. The highest BCUT2D eigenvalue weighted by molar-refractivity contribution is 7.17. The third kappa shape index (κ3) is 4.47. The standard InChI is InChI=1S/C23H27N3O3S/c1-16(27)26-13-11-25(12-14-26)15-20(28)24-23-21(18-9-5-6-10-19(18)30-23)22(29)17-7-3-2-4-8-17/h2-4,7-8H,5-6,9-15H2,1H3,(H,24,28)/p+1. The summed E-state index contributed by atoms with van der Waals surface area (Å²) in [6, 6.07) is 9.30. The Bertz CT molecular complexity index is 946. The van der Waals surface area contributed by atoms with E-state index in [0.717, 1.165) is 44.3 Å². The van der Waals surface area contributed by atoms with Crippen molar-refractivity contribution in [2.75, 3.05) is 38.0 Å². The van der Waals surface area contributed by atoms with Crippen molar-refractivity contribution >= 4 is 33.9 Å². The number of amides is 2. The molecule has 0 bridgehead atoms. The molecular formula is C23H28N3O3S+. The SMILES string of the molecule is CC(=O)N1CC[NH+](CC(=O)Nc2sc3c(c2C(=O)c2ccccc2)CCCC3)CC1. The Labute approximate surface area is 180 Å². The van der Waals surface area contributed by atoms with Crippen LogP contribution in [0.1, 0.15) is 46.1 Å². The van der Waals surface area contributed by atoms with Crippen LogP contribution in [0.15, 0.2) is 30.3 Å². The summed E-state index contributed by atoms with van der Waals surface area (Å²) in [5.74, 6) is 0.0152. The first kappa shape index (κ1) is 20.8. The number of carbonyl (C=O) groups is 3. The Morgan fingerprint density at radius 2 is 1.77 bits per heavy atom. The average molecular weight is 427 g/mol. The zero-order valence-corrected chi connectivity index (χ0v) is 18.1. The van der Waals surface area contributed by atoms with Gasteiger partial charge in [-0.25, -0.2) is 0 Å². The third-order valence-electron chi connectivity index (χ3n) is 6.01. The molecule has 4 rings (SSSR count). The Morgan fingerprint density at radius 1 is 1.07 bits per heavy atom. The van der Waals surface area contributed by atoms with Gasteiger partial charge in [-0.1, -0.05) is 30.3 Å². The first-order chi connectivity index (χ1) is 14.5. The van der Waals surface area contributed by atoms with Crippen LogP contribution in [-0.2, 0) is 22.4 Å². The molecule has 1 saturated heterocycles. The van der Waals surface area contributed by atoms with E-state index in [1.165, 1.54) is 9.78 Å². The largest absolute Gasteiger partial charge is 0.332 e. The number of fused-ring (bicyclic) bond motifs is 1. The van der Waals surface area contributed by atoms with Crippen molar-refractivity contribution in [3.63, 3.8) is 0 Å². The lowest BCUT2D eigenvalue weighted by Gasteiger charge is -2.31. The molecule has 1 aromatic carbocycles. The molecule has 2 heterocycles. The van der Waals surface area contributed by atoms with Crippen LogP contribution in [0.3, 0.4) is 0 Å². The number of hydrogen-bond acceptors (Lipinski definition) is 4. The number of nitrogens with one attached hydrogen (secondary N) is 2. The summed E-state index contributed by atoms with van der Waals surface area (Å²) in [5.41, 5.74) is 2.47. The van der Waals surface area contributed by atoms with Crippen molar-refractivity contribution in [3.8, 4) is 0 Å². The molecule has 2 amide bonds. The van der Waals surface area contributed by atoms with Gasteiger partial charge in [-0.05, 0) is 31.2 Å². The predicted octanol–water partition coefficient (Wildman–Crippen LogP) is 1.54. The molecule has 0 atom stereocenters. The zero-order valence-electron chi connectivity index (χ0n) is 17.3. The normalized spacial score (nSPS) is 16.8. The van der Waals surface area contributed by atoms with Gasteiger partial charge in [0.2, 0.25) is 5.91 Å². The van der Waals surface area contributed by atoms with Crippen LogP contribution < -0.4 is 10.2 Å². The van der Waals surface area contributed by atoms with Gasteiger partial charge in [0.1, 0.15) is 5.00 Å². The van der Waals surface area contributed by atoms with Gasteiger partial charge in [0, 0.05) is 17.4 Å². The number of thiophene rings is 1. The highest BCUT2D eigenvalue weighted by Crippen LogP contribution is 2.39. The van der Waals surface area contributed by atoms with Gasteiger partial charge in [0.15, 0.2) is 12.3 Å². The summed E-state index contributed by atoms with van der Waals surface area (Å²) >= 11 is 1.56. The van der Waals surface area contributed by atoms with Crippen LogP contribution in [0, 0.1) is 0 Å². The van der Waals surface area contributed by atoms with E-state index in [-0.39, 0.29) is 17.6 Å². The molecule has 1 aliphatic carbocycles. The average Bonchev–Trinajstić information content (AvgIpc) is 3.11. The van der Waals surface area contributed by atoms with E-state index in [9.17, 15) is 14.4 Å². The Balaban J connectivity index is 1.50. The summed E-state index contributed by atoms with van der Waals surface area (Å²) in [7, 11) is 0. The lowest BCUT2D eigenvalue weighted by atomic mass is 9.92. The van der Waals surface area contributed by atoms with Gasteiger partial charge in [-0.2, -0.15) is 0 Å². The number of ketones is 1. The minimum atomic E-state index is -0.0676. The smallest absolute Gasteiger partial charge is 0.280 e. The second-order valence-electron chi connectivity index (χ2n) is 8.09. The van der Waals surface area contributed by atoms with Crippen LogP contribution in [-0.4, -0.2) is 55.2 Å². The molecule has 7 heteroatoms. The van der Waals surface area contributed by atoms with Crippen LogP contribution in [0.5, 0.6) is 0 Å². The number of nitrogens with zero attached hydrogens (tertiary/aromatic N) is 1. The summed E-state index contributed by atoms with van der Waals surface area (Å²) in [6.07, 6.45) is 4.08. The van der Waals surface area contributed by atoms with Gasteiger partial charge in [-0.3, -0.25) is 14.4 Å². The molecule has 0 spiro atoms. The lowest BCUT2D eigenvalue weighted by molar-refractivity contribution is -0.895. The highest BCUT2D eigenvalue weighted by atomic mass is 32.1. The number of aryl methyl sites for hydroxylation is 1. The third-order valence-corrected chi connectivity index (χ3v) is 7.22. The number of benzene rings is 1. The van der Waals surface area contributed by atoms with Crippen molar-refractivity contribution in [3.05, 3.63) is 51.9 Å². The van der Waals surface area contributed by atoms with E-state index in [0.29, 0.717) is 35.8 Å². The van der Waals surface area contributed by atoms with Crippen LogP contribution >= 0.6 is 11.3 Å². The molecule has 158 valence electrons. The topological polar surface area (TPSA) is 70.9 Å². The first-order valence-corrected chi connectivity index (χ1v) is 11.5. The van der Waals surface area contributed by atoms with E-state index in [1.807, 2.05) is 35.2 Å².